The zero-order chi connectivity index (χ0) is 12.3. The number of hydrogen-bond acceptors (Lipinski definition) is 4. The summed E-state index contributed by atoms with van der Waals surface area (Å²) in [6.45, 7) is 5.04. The zero-order valence-corrected chi connectivity index (χ0v) is 11.3. The van der Waals surface area contributed by atoms with Crippen molar-refractivity contribution in [2.75, 3.05) is 6.61 Å². The molecule has 2 aromatic heterocycles. The first kappa shape index (κ1) is 12.5. The molecule has 2 aromatic rings. The molecule has 0 amide bonds. The zero-order valence-electron chi connectivity index (χ0n) is 9.74. The predicted molar refractivity (Wildman–Crippen MR) is 70.4 cm³/mol. The van der Waals surface area contributed by atoms with Gasteiger partial charge in [-0.25, -0.2) is 9.97 Å². The molecule has 3 nitrogen and oxygen atoms in total. The van der Waals surface area contributed by atoms with Gasteiger partial charge in [-0.15, -0.1) is 11.3 Å². The number of aryl methyl sites for hydroxylation is 1. The average Bonchev–Trinajstić information content (AvgIpc) is 2.72. The summed E-state index contributed by atoms with van der Waals surface area (Å²) in [4.78, 5) is 9.83. The molecule has 2 heterocycles. The van der Waals surface area contributed by atoms with Gasteiger partial charge in [0.25, 0.3) is 0 Å². The minimum atomic E-state index is 0.396. The summed E-state index contributed by atoms with van der Waals surface area (Å²) in [7, 11) is 0. The Labute approximate surface area is 109 Å². The number of nitrogens with zero attached hydrogens (tertiary/aromatic N) is 2. The van der Waals surface area contributed by atoms with Crippen LogP contribution in [0.4, 0.5) is 0 Å². The lowest BCUT2D eigenvalue weighted by Crippen LogP contribution is -2.00. The highest BCUT2D eigenvalue weighted by Gasteiger charge is 2.07. The fourth-order valence-electron chi connectivity index (χ4n) is 1.45. The number of hydrogen-bond donors (Lipinski definition) is 0. The summed E-state index contributed by atoms with van der Waals surface area (Å²) in [6, 6.07) is 3.87. The molecule has 0 aliphatic carbocycles. The van der Waals surface area contributed by atoms with Gasteiger partial charge < -0.3 is 4.74 Å². The topological polar surface area (TPSA) is 35.0 Å². The molecule has 5 heteroatoms. The van der Waals surface area contributed by atoms with E-state index in [0.29, 0.717) is 24.2 Å². The molecule has 17 heavy (non-hydrogen) atoms. The Kier molecular flexibility index (Phi) is 4.10. The fourth-order valence-corrected chi connectivity index (χ4v) is 2.35. The number of halogens is 1. The maximum atomic E-state index is 5.98. The van der Waals surface area contributed by atoms with Crippen molar-refractivity contribution < 1.29 is 4.74 Å². The van der Waals surface area contributed by atoms with Crippen LogP contribution in [-0.4, -0.2) is 16.6 Å². The molecular formula is C12H13ClN2OS. The van der Waals surface area contributed by atoms with E-state index in [0.717, 1.165) is 11.3 Å². The maximum Gasteiger partial charge on any atom is 0.156 e. The van der Waals surface area contributed by atoms with Crippen LogP contribution in [0.25, 0.3) is 11.3 Å². The van der Waals surface area contributed by atoms with Crippen molar-refractivity contribution in [1.82, 2.24) is 9.97 Å². The molecule has 0 N–H and O–H groups in total. The van der Waals surface area contributed by atoms with Gasteiger partial charge in [-0.3, -0.25) is 0 Å². The Morgan fingerprint density at radius 2 is 2.18 bits per heavy atom. The van der Waals surface area contributed by atoms with Crippen molar-refractivity contribution in [2.45, 2.75) is 20.5 Å². The minimum absolute atomic E-state index is 0.396. The van der Waals surface area contributed by atoms with Crippen LogP contribution in [-0.2, 0) is 11.3 Å². The first-order valence-electron chi connectivity index (χ1n) is 5.35. The molecule has 90 valence electrons. The summed E-state index contributed by atoms with van der Waals surface area (Å²) in [5.41, 5.74) is 1.93. The average molecular weight is 269 g/mol. The van der Waals surface area contributed by atoms with E-state index in [9.17, 15) is 0 Å². The number of ether oxygens (including phenoxy) is 1. The molecular weight excluding hydrogens is 256 g/mol. The number of aromatic nitrogens is 2. The SMILES string of the molecule is CCOCc1nc(Cl)cc(-c2csc(C)c2)n1. The Morgan fingerprint density at radius 1 is 1.35 bits per heavy atom. The van der Waals surface area contributed by atoms with Gasteiger partial charge in [-0.2, -0.15) is 0 Å². The van der Waals surface area contributed by atoms with Gasteiger partial charge in [0.05, 0.1) is 5.69 Å². The molecule has 2 rings (SSSR count). The van der Waals surface area contributed by atoms with E-state index in [1.54, 1.807) is 17.4 Å². The Bertz CT molecular complexity index is 513. The summed E-state index contributed by atoms with van der Waals surface area (Å²) in [5.74, 6) is 0.623. The Balaban J connectivity index is 2.31. The van der Waals surface area contributed by atoms with Crippen LogP contribution in [0, 0.1) is 6.92 Å². The van der Waals surface area contributed by atoms with Crippen molar-refractivity contribution in [1.29, 1.82) is 0 Å². The van der Waals surface area contributed by atoms with E-state index in [1.807, 2.05) is 6.92 Å². The molecule has 0 fully saturated rings. The molecule has 0 atom stereocenters. The quantitative estimate of drug-likeness (QED) is 0.793. The van der Waals surface area contributed by atoms with Gasteiger partial charge in [0.1, 0.15) is 11.8 Å². The van der Waals surface area contributed by atoms with Gasteiger partial charge >= 0.3 is 0 Å². The minimum Gasteiger partial charge on any atom is -0.374 e. The van der Waals surface area contributed by atoms with Crippen molar-refractivity contribution in [3.63, 3.8) is 0 Å². The highest BCUT2D eigenvalue weighted by atomic mass is 35.5. The molecule has 0 aromatic carbocycles. The molecule has 0 bridgehead atoms. The smallest absolute Gasteiger partial charge is 0.156 e. The summed E-state index contributed by atoms with van der Waals surface area (Å²) >= 11 is 7.68. The van der Waals surface area contributed by atoms with E-state index in [2.05, 4.69) is 28.3 Å². The number of thiophene rings is 1. The monoisotopic (exact) mass is 268 g/mol. The third kappa shape index (κ3) is 3.25. The third-order valence-corrected chi connectivity index (χ3v) is 3.26. The number of rotatable bonds is 4. The van der Waals surface area contributed by atoms with E-state index in [4.69, 9.17) is 16.3 Å². The highest BCUT2D eigenvalue weighted by molar-refractivity contribution is 7.10. The Hall–Kier alpha value is -0.970. The molecule has 0 saturated carbocycles. The lowest BCUT2D eigenvalue weighted by molar-refractivity contribution is 0.128. The largest absolute Gasteiger partial charge is 0.374 e. The van der Waals surface area contributed by atoms with Crippen LogP contribution in [0.3, 0.4) is 0 Å². The summed E-state index contributed by atoms with van der Waals surface area (Å²) in [5, 5.41) is 2.52. The second-order valence-electron chi connectivity index (χ2n) is 3.58. The molecule has 0 spiro atoms. The Morgan fingerprint density at radius 3 is 2.82 bits per heavy atom. The van der Waals surface area contributed by atoms with Crippen molar-refractivity contribution >= 4 is 22.9 Å². The van der Waals surface area contributed by atoms with Gasteiger partial charge in [0.2, 0.25) is 0 Å². The van der Waals surface area contributed by atoms with Gasteiger partial charge in [-0.1, -0.05) is 11.6 Å². The molecule has 0 unspecified atom stereocenters. The lowest BCUT2D eigenvalue weighted by atomic mass is 10.2. The summed E-state index contributed by atoms with van der Waals surface area (Å²) < 4.78 is 5.29. The van der Waals surface area contributed by atoms with Crippen LogP contribution >= 0.6 is 22.9 Å². The van der Waals surface area contributed by atoms with E-state index in [1.165, 1.54) is 4.88 Å². The van der Waals surface area contributed by atoms with Gasteiger partial charge in [0.15, 0.2) is 5.82 Å². The molecule has 0 aliphatic rings. The van der Waals surface area contributed by atoms with Crippen molar-refractivity contribution in [2.24, 2.45) is 0 Å². The first-order chi connectivity index (χ1) is 8.19. The predicted octanol–water partition coefficient (Wildman–Crippen LogP) is 3.70. The standard InChI is InChI=1S/C12H13ClN2OS/c1-3-16-6-12-14-10(5-11(13)15-12)9-4-8(2)17-7-9/h4-5,7H,3,6H2,1-2H3. The van der Waals surface area contributed by atoms with E-state index >= 15 is 0 Å². The maximum absolute atomic E-state index is 5.98. The normalized spacial score (nSPS) is 10.8. The van der Waals surface area contributed by atoms with Crippen LogP contribution in [0.15, 0.2) is 17.5 Å². The first-order valence-corrected chi connectivity index (χ1v) is 6.61. The van der Waals surface area contributed by atoms with Crippen LogP contribution in [0.5, 0.6) is 0 Å². The highest BCUT2D eigenvalue weighted by Crippen LogP contribution is 2.25. The van der Waals surface area contributed by atoms with Crippen LogP contribution in [0.1, 0.15) is 17.6 Å². The molecule has 0 aliphatic heterocycles. The van der Waals surface area contributed by atoms with Crippen LogP contribution < -0.4 is 0 Å². The third-order valence-electron chi connectivity index (χ3n) is 2.20. The van der Waals surface area contributed by atoms with Crippen molar-refractivity contribution in [3.05, 3.63) is 33.4 Å². The fraction of sp³-hybridized carbons (Fsp3) is 0.333. The van der Waals surface area contributed by atoms with E-state index in [-0.39, 0.29) is 0 Å². The molecule has 0 radical (unpaired) electrons. The second kappa shape index (κ2) is 5.58. The summed E-state index contributed by atoms with van der Waals surface area (Å²) in [6.07, 6.45) is 0. The molecule has 0 saturated heterocycles. The van der Waals surface area contributed by atoms with Crippen molar-refractivity contribution in [3.8, 4) is 11.3 Å². The van der Waals surface area contributed by atoms with Gasteiger partial charge in [0, 0.05) is 28.5 Å². The van der Waals surface area contributed by atoms with E-state index < -0.39 is 0 Å². The lowest BCUT2D eigenvalue weighted by Gasteiger charge is -2.03. The second-order valence-corrected chi connectivity index (χ2v) is 5.08. The van der Waals surface area contributed by atoms with Gasteiger partial charge in [-0.05, 0) is 19.9 Å². The van der Waals surface area contributed by atoms with Crippen LogP contribution in [0.2, 0.25) is 5.15 Å².